The van der Waals surface area contributed by atoms with Crippen molar-refractivity contribution in [2.75, 3.05) is 9.91 Å². The summed E-state index contributed by atoms with van der Waals surface area (Å²) in [5.41, 5.74) is 0.681. The van der Waals surface area contributed by atoms with Gasteiger partial charge in [0.15, 0.2) is 0 Å². The first-order valence-corrected chi connectivity index (χ1v) is 18.8. The molecule has 2 aromatic rings. The Bertz CT molecular complexity index is 1520. The first kappa shape index (κ1) is 38.6. The van der Waals surface area contributed by atoms with E-state index >= 15 is 0 Å². The van der Waals surface area contributed by atoms with Gasteiger partial charge in [-0.1, -0.05) is 143 Å². The van der Waals surface area contributed by atoms with E-state index in [4.69, 9.17) is 34.8 Å². The third kappa shape index (κ3) is 11.4. The van der Waals surface area contributed by atoms with E-state index in [9.17, 15) is 19.2 Å². The van der Waals surface area contributed by atoms with Crippen molar-refractivity contribution < 1.29 is 19.2 Å². The zero-order valence-corrected chi connectivity index (χ0v) is 30.6. The molecule has 0 aliphatic carbocycles. The summed E-state index contributed by atoms with van der Waals surface area (Å²) in [6, 6.07) is 9.14. The Morgan fingerprint density at radius 2 is 1.43 bits per heavy atom. The van der Waals surface area contributed by atoms with Crippen LogP contribution in [0.4, 0.5) is 11.4 Å². The maximum Gasteiger partial charge on any atom is 0.256 e. The van der Waals surface area contributed by atoms with Crippen molar-refractivity contribution in [1.82, 2.24) is 5.32 Å². The van der Waals surface area contributed by atoms with E-state index in [0.717, 1.165) is 22.8 Å². The predicted molar refractivity (Wildman–Crippen MR) is 200 cm³/mol. The van der Waals surface area contributed by atoms with Crippen molar-refractivity contribution in [2.24, 2.45) is 11.0 Å². The van der Waals surface area contributed by atoms with E-state index in [-0.39, 0.29) is 51.8 Å². The monoisotopic (exact) mass is 728 g/mol. The highest BCUT2D eigenvalue weighted by Gasteiger charge is 2.38. The number of nitrogens with zero attached hydrogens (tertiary/aromatic N) is 3. The Hall–Kier alpha value is -3.20. The van der Waals surface area contributed by atoms with Crippen molar-refractivity contribution in [3.05, 3.63) is 69.2 Å². The minimum atomic E-state index is -0.549. The fourth-order valence-electron chi connectivity index (χ4n) is 6.19. The Labute approximate surface area is 305 Å². The van der Waals surface area contributed by atoms with Gasteiger partial charge in [0.2, 0.25) is 11.8 Å². The third-order valence-electron chi connectivity index (χ3n) is 8.87. The maximum atomic E-state index is 13.2. The van der Waals surface area contributed by atoms with Crippen LogP contribution < -0.4 is 15.2 Å². The first-order chi connectivity index (χ1) is 23.7. The summed E-state index contributed by atoms with van der Waals surface area (Å²) in [7, 11) is 0. The quantitative estimate of drug-likeness (QED) is 0.0884. The number of allylic oxidation sites excluding steroid dienone is 1. The van der Waals surface area contributed by atoms with Gasteiger partial charge in [0.25, 0.3) is 11.8 Å². The molecule has 2 aliphatic rings. The molecular weight excluding hydrogens is 683 g/mol. The molecule has 1 N–H and O–H groups in total. The van der Waals surface area contributed by atoms with E-state index < -0.39 is 17.7 Å². The summed E-state index contributed by atoms with van der Waals surface area (Å²) < 4.78 is 0. The van der Waals surface area contributed by atoms with Gasteiger partial charge in [-0.15, -0.1) is 0 Å². The summed E-state index contributed by atoms with van der Waals surface area (Å²) in [6.07, 6.45) is 23.0. The molecule has 2 aliphatic heterocycles. The van der Waals surface area contributed by atoms with Gasteiger partial charge in [0.1, 0.15) is 11.5 Å². The van der Waals surface area contributed by atoms with Gasteiger partial charge in [-0.25, -0.2) is 0 Å². The van der Waals surface area contributed by atoms with Crippen molar-refractivity contribution in [3.63, 3.8) is 0 Å². The lowest BCUT2D eigenvalue weighted by molar-refractivity contribution is -0.122. The minimum absolute atomic E-state index is 0.0923. The molecule has 4 rings (SSSR count). The number of carbonyl (C=O) groups excluding carboxylic acids is 4. The topological polar surface area (TPSA) is 99.2 Å². The van der Waals surface area contributed by atoms with Gasteiger partial charge in [-0.05, 0) is 43.2 Å². The van der Waals surface area contributed by atoms with Gasteiger partial charge in [-0.3, -0.25) is 24.1 Å². The van der Waals surface area contributed by atoms with Gasteiger partial charge in [0, 0.05) is 17.0 Å². The lowest BCUT2D eigenvalue weighted by atomic mass is 10.0. The standard InChI is InChI=1S/C38H47Cl3N4O4/c1-2-3-4-5-6-7-8-9-10-11-12-13-14-15-16-17-19-28-23-34(46)44(38(28)49)30-21-18-20-27(22-30)37(48)42-33-26-35(47)45(43-33)36-31(40)24-29(39)25-32(36)41/h17-22,24-25,28H,2-16,23,26H2,1H3,(H,42,43,48). The van der Waals surface area contributed by atoms with Crippen molar-refractivity contribution in [2.45, 2.75) is 116 Å². The molecule has 0 bridgehead atoms. The van der Waals surface area contributed by atoms with Crippen LogP contribution in [0.3, 0.4) is 0 Å². The zero-order valence-electron chi connectivity index (χ0n) is 28.3. The number of rotatable bonds is 19. The Morgan fingerprint density at radius 3 is 2.04 bits per heavy atom. The van der Waals surface area contributed by atoms with E-state index in [1.807, 2.05) is 12.2 Å². The number of amides is 4. The molecule has 8 nitrogen and oxygen atoms in total. The van der Waals surface area contributed by atoms with Gasteiger partial charge in [0.05, 0.1) is 28.1 Å². The second-order valence-corrected chi connectivity index (χ2v) is 14.1. The molecule has 0 saturated carbocycles. The summed E-state index contributed by atoms with van der Waals surface area (Å²) in [5.74, 6) is -2.03. The lowest BCUT2D eigenvalue weighted by Gasteiger charge is -2.15. The van der Waals surface area contributed by atoms with Crippen LogP contribution in [0.2, 0.25) is 15.1 Å². The molecule has 264 valence electrons. The smallest absolute Gasteiger partial charge is 0.256 e. The largest absolute Gasteiger partial charge is 0.308 e. The lowest BCUT2D eigenvalue weighted by Crippen LogP contribution is -2.32. The number of hydrogen-bond donors (Lipinski definition) is 1. The molecule has 2 heterocycles. The van der Waals surface area contributed by atoms with Gasteiger partial charge < -0.3 is 5.32 Å². The van der Waals surface area contributed by atoms with Crippen LogP contribution >= 0.6 is 34.8 Å². The Kier molecular flexibility index (Phi) is 15.6. The van der Waals surface area contributed by atoms with E-state index in [1.165, 1.54) is 102 Å². The number of imide groups is 1. The second kappa shape index (κ2) is 19.9. The average molecular weight is 730 g/mol. The van der Waals surface area contributed by atoms with Crippen LogP contribution in [0, 0.1) is 5.92 Å². The molecule has 2 aromatic carbocycles. The van der Waals surface area contributed by atoms with Gasteiger partial charge in [-0.2, -0.15) is 10.1 Å². The van der Waals surface area contributed by atoms with Crippen molar-refractivity contribution in [3.8, 4) is 0 Å². The number of carbonyl (C=O) groups is 4. The van der Waals surface area contributed by atoms with E-state index in [0.29, 0.717) is 10.7 Å². The number of hydrazone groups is 1. The van der Waals surface area contributed by atoms with E-state index in [1.54, 1.807) is 18.2 Å². The highest BCUT2D eigenvalue weighted by Crippen LogP contribution is 2.38. The first-order valence-electron chi connectivity index (χ1n) is 17.7. The van der Waals surface area contributed by atoms with Crippen LogP contribution in [0.15, 0.2) is 53.7 Å². The van der Waals surface area contributed by atoms with Crippen LogP contribution in [0.5, 0.6) is 0 Å². The molecule has 1 unspecified atom stereocenters. The number of halogens is 3. The molecular formula is C38H47Cl3N4O4. The third-order valence-corrected chi connectivity index (χ3v) is 9.66. The Balaban J connectivity index is 1.19. The highest BCUT2D eigenvalue weighted by atomic mass is 35.5. The molecule has 0 spiro atoms. The maximum absolute atomic E-state index is 13.2. The Morgan fingerprint density at radius 1 is 0.837 bits per heavy atom. The van der Waals surface area contributed by atoms with Crippen LogP contribution in [-0.2, 0) is 14.4 Å². The SMILES string of the molecule is CCCCCCCCCCCCCCCCC=CC1CC(=O)N(c2cccc(C(=O)NC3=NN(c4c(Cl)cc(Cl)cc4Cl)C(=O)C3)c2)C1=O. The predicted octanol–water partition coefficient (Wildman–Crippen LogP) is 10.4. The van der Waals surface area contributed by atoms with Crippen LogP contribution in [0.1, 0.15) is 126 Å². The zero-order chi connectivity index (χ0) is 35.2. The molecule has 1 saturated heterocycles. The van der Waals surface area contributed by atoms with E-state index in [2.05, 4.69) is 17.3 Å². The summed E-state index contributed by atoms with van der Waals surface area (Å²) in [5, 5.41) is 8.44. The molecule has 4 amide bonds. The fourth-order valence-corrected chi connectivity index (χ4v) is 7.17. The summed E-state index contributed by atoms with van der Waals surface area (Å²) in [6.45, 7) is 2.26. The highest BCUT2D eigenvalue weighted by molar-refractivity contribution is 6.42. The second-order valence-electron chi connectivity index (χ2n) is 12.8. The number of nitrogens with one attached hydrogen (secondary N) is 1. The molecule has 49 heavy (non-hydrogen) atoms. The van der Waals surface area contributed by atoms with Gasteiger partial charge >= 0.3 is 0 Å². The van der Waals surface area contributed by atoms with Crippen molar-refractivity contribution in [1.29, 1.82) is 0 Å². The molecule has 0 radical (unpaired) electrons. The summed E-state index contributed by atoms with van der Waals surface area (Å²) >= 11 is 18.5. The van der Waals surface area contributed by atoms with Crippen LogP contribution in [-0.4, -0.2) is 29.5 Å². The average Bonchev–Trinajstić information content (AvgIpc) is 3.56. The fraction of sp³-hybridized carbons (Fsp3) is 0.500. The number of hydrogen-bond acceptors (Lipinski definition) is 5. The van der Waals surface area contributed by atoms with Crippen LogP contribution in [0.25, 0.3) is 0 Å². The molecule has 11 heteroatoms. The summed E-state index contributed by atoms with van der Waals surface area (Å²) in [4.78, 5) is 53.0. The number of unbranched alkanes of at least 4 members (excludes halogenated alkanes) is 14. The number of amidine groups is 1. The molecule has 0 aromatic heterocycles. The molecule has 1 atom stereocenters. The molecule has 1 fully saturated rings. The number of benzene rings is 2. The van der Waals surface area contributed by atoms with Crippen molar-refractivity contribution >= 4 is 75.6 Å². The normalized spacial score (nSPS) is 16.4. The minimum Gasteiger partial charge on any atom is -0.308 e. The number of anilines is 2.